The van der Waals surface area contributed by atoms with Crippen molar-refractivity contribution in [2.75, 3.05) is 5.32 Å². The van der Waals surface area contributed by atoms with Crippen LogP contribution < -0.4 is 15.8 Å². The van der Waals surface area contributed by atoms with E-state index in [9.17, 15) is 4.79 Å². The summed E-state index contributed by atoms with van der Waals surface area (Å²) in [6.45, 7) is 3.87. The van der Waals surface area contributed by atoms with Crippen LogP contribution in [0.4, 0.5) is 5.69 Å². The highest BCUT2D eigenvalue weighted by Gasteiger charge is 2.23. The lowest BCUT2D eigenvalue weighted by Crippen LogP contribution is -2.34. The van der Waals surface area contributed by atoms with Crippen LogP contribution in [-0.2, 0) is 11.2 Å². The number of nitrogens with one attached hydrogen (secondary N) is 1. The summed E-state index contributed by atoms with van der Waals surface area (Å²) in [4.78, 5) is 11.5. The van der Waals surface area contributed by atoms with Crippen molar-refractivity contribution in [3.8, 4) is 5.75 Å². The first-order valence-electron chi connectivity index (χ1n) is 6.46. The van der Waals surface area contributed by atoms with Crippen LogP contribution in [0.5, 0.6) is 5.75 Å². The van der Waals surface area contributed by atoms with Gasteiger partial charge in [-0.1, -0.05) is 19.4 Å². The molecule has 1 heterocycles. The molecule has 1 aliphatic rings. The Morgan fingerprint density at radius 2 is 2.28 bits per heavy atom. The highest BCUT2D eigenvalue weighted by molar-refractivity contribution is 5.97. The maximum Gasteiger partial charge on any atom is 0.265 e. The van der Waals surface area contributed by atoms with Gasteiger partial charge in [0.1, 0.15) is 5.75 Å². The van der Waals surface area contributed by atoms with Gasteiger partial charge in [0.05, 0.1) is 5.69 Å². The van der Waals surface area contributed by atoms with Gasteiger partial charge in [0.25, 0.3) is 5.91 Å². The second-order valence-corrected chi connectivity index (χ2v) is 4.83. The summed E-state index contributed by atoms with van der Waals surface area (Å²) in [6, 6.07) is 6.04. The van der Waals surface area contributed by atoms with Crippen molar-refractivity contribution in [3.63, 3.8) is 0 Å². The van der Waals surface area contributed by atoms with Crippen molar-refractivity contribution in [1.29, 1.82) is 0 Å². The lowest BCUT2D eigenvalue weighted by atomic mass is 10.0. The molecule has 2 unspecified atom stereocenters. The third-order valence-electron chi connectivity index (χ3n) is 3.13. The molecule has 0 saturated heterocycles. The Kier molecular flexibility index (Phi) is 3.87. The molecule has 2 atom stereocenters. The Balaban J connectivity index is 2.12. The number of fused-ring (bicyclic) bond motifs is 1. The molecule has 4 nitrogen and oxygen atoms in total. The molecule has 0 spiro atoms. The number of amides is 1. The van der Waals surface area contributed by atoms with Crippen molar-refractivity contribution < 1.29 is 9.53 Å². The zero-order valence-corrected chi connectivity index (χ0v) is 10.9. The standard InChI is InChI=1S/C14H20N2O2/c1-3-4-11(15)7-10-5-6-13-12(8-10)16-14(17)9(2)18-13/h5-6,8-9,11H,3-4,7,15H2,1-2H3,(H,16,17). The first kappa shape index (κ1) is 12.9. The average Bonchev–Trinajstić information content (AvgIpc) is 2.31. The molecule has 0 saturated carbocycles. The van der Waals surface area contributed by atoms with Crippen molar-refractivity contribution in [3.05, 3.63) is 23.8 Å². The third kappa shape index (κ3) is 2.82. The second-order valence-electron chi connectivity index (χ2n) is 4.83. The highest BCUT2D eigenvalue weighted by atomic mass is 16.5. The second kappa shape index (κ2) is 5.40. The number of benzene rings is 1. The van der Waals surface area contributed by atoms with Crippen LogP contribution in [0.1, 0.15) is 32.3 Å². The summed E-state index contributed by atoms with van der Waals surface area (Å²) in [7, 11) is 0. The Morgan fingerprint density at radius 3 is 3.00 bits per heavy atom. The smallest absolute Gasteiger partial charge is 0.265 e. The molecule has 0 aromatic heterocycles. The van der Waals surface area contributed by atoms with Gasteiger partial charge in [0.15, 0.2) is 6.10 Å². The molecule has 1 aromatic rings. The number of hydrogen-bond acceptors (Lipinski definition) is 3. The Hall–Kier alpha value is -1.55. The summed E-state index contributed by atoms with van der Waals surface area (Å²) in [5.74, 6) is 0.632. The molecular formula is C14H20N2O2. The molecule has 18 heavy (non-hydrogen) atoms. The van der Waals surface area contributed by atoms with Crippen molar-refractivity contribution >= 4 is 11.6 Å². The summed E-state index contributed by atoms with van der Waals surface area (Å²) >= 11 is 0. The molecule has 98 valence electrons. The maximum absolute atomic E-state index is 11.5. The van der Waals surface area contributed by atoms with Gasteiger partial charge in [-0.15, -0.1) is 0 Å². The van der Waals surface area contributed by atoms with Gasteiger partial charge >= 0.3 is 0 Å². The Labute approximate surface area is 108 Å². The zero-order valence-electron chi connectivity index (χ0n) is 10.9. The lowest BCUT2D eigenvalue weighted by molar-refractivity contribution is -0.122. The minimum Gasteiger partial charge on any atom is -0.479 e. The molecule has 0 aliphatic carbocycles. The normalized spacial score (nSPS) is 19.7. The monoisotopic (exact) mass is 248 g/mol. The Bertz CT molecular complexity index is 445. The molecule has 2 rings (SSSR count). The topological polar surface area (TPSA) is 64.3 Å². The molecule has 1 aromatic carbocycles. The van der Waals surface area contributed by atoms with E-state index in [4.69, 9.17) is 10.5 Å². The van der Waals surface area contributed by atoms with E-state index in [2.05, 4.69) is 12.2 Å². The van der Waals surface area contributed by atoms with Gasteiger partial charge in [-0.05, 0) is 37.5 Å². The number of ether oxygens (including phenoxy) is 1. The SMILES string of the molecule is CCCC(N)Cc1ccc2c(c1)NC(=O)C(C)O2. The van der Waals surface area contributed by atoms with Gasteiger partial charge < -0.3 is 15.8 Å². The van der Waals surface area contributed by atoms with E-state index >= 15 is 0 Å². The van der Waals surface area contributed by atoms with E-state index in [-0.39, 0.29) is 11.9 Å². The molecule has 1 amide bonds. The molecule has 0 bridgehead atoms. The van der Waals surface area contributed by atoms with Crippen LogP contribution >= 0.6 is 0 Å². The first-order chi connectivity index (χ1) is 8.60. The van der Waals surface area contributed by atoms with E-state index in [0.29, 0.717) is 0 Å². The van der Waals surface area contributed by atoms with Crippen LogP contribution in [0.3, 0.4) is 0 Å². The van der Waals surface area contributed by atoms with Gasteiger partial charge in [-0.2, -0.15) is 0 Å². The molecule has 1 aliphatic heterocycles. The van der Waals surface area contributed by atoms with Gasteiger partial charge in [0, 0.05) is 6.04 Å². The van der Waals surface area contributed by atoms with E-state index < -0.39 is 6.10 Å². The number of carbonyl (C=O) groups excluding carboxylic acids is 1. The zero-order chi connectivity index (χ0) is 13.1. The van der Waals surface area contributed by atoms with Crippen LogP contribution in [0.25, 0.3) is 0 Å². The fourth-order valence-corrected chi connectivity index (χ4v) is 2.16. The van der Waals surface area contributed by atoms with Crippen molar-refractivity contribution in [2.24, 2.45) is 5.73 Å². The van der Waals surface area contributed by atoms with Crippen LogP contribution in [0.15, 0.2) is 18.2 Å². The number of hydrogen-bond donors (Lipinski definition) is 2. The van der Waals surface area contributed by atoms with E-state index in [1.807, 2.05) is 18.2 Å². The van der Waals surface area contributed by atoms with E-state index in [1.165, 1.54) is 0 Å². The summed E-state index contributed by atoms with van der Waals surface area (Å²) in [5.41, 5.74) is 7.90. The molecule has 0 fully saturated rings. The Morgan fingerprint density at radius 1 is 1.50 bits per heavy atom. The van der Waals surface area contributed by atoms with E-state index in [1.54, 1.807) is 6.92 Å². The van der Waals surface area contributed by atoms with E-state index in [0.717, 1.165) is 36.3 Å². The number of nitrogens with two attached hydrogens (primary N) is 1. The van der Waals surface area contributed by atoms with Gasteiger partial charge in [-0.25, -0.2) is 0 Å². The summed E-state index contributed by atoms with van der Waals surface area (Å²) in [5, 5.41) is 2.85. The summed E-state index contributed by atoms with van der Waals surface area (Å²) < 4.78 is 5.51. The number of anilines is 1. The van der Waals surface area contributed by atoms with Gasteiger partial charge in [-0.3, -0.25) is 4.79 Å². The van der Waals surface area contributed by atoms with Crippen molar-refractivity contribution in [1.82, 2.24) is 0 Å². The highest BCUT2D eigenvalue weighted by Crippen LogP contribution is 2.30. The predicted octanol–water partition coefficient (Wildman–Crippen LogP) is 2.08. The minimum atomic E-state index is -0.425. The minimum absolute atomic E-state index is 0.0995. The van der Waals surface area contributed by atoms with Crippen LogP contribution in [-0.4, -0.2) is 18.1 Å². The van der Waals surface area contributed by atoms with Crippen LogP contribution in [0, 0.1) is 0 Å². The quantitative estimate of drug-likeness (QED) is 0.857. The largest absolute Gasteiger partial charge is 0.479 e. The molecule has 3 N–H and O–H groups in total. The van der Waals surface area contributed by atoms with Crippen LogP contribution in [0.2, 0.25) is 0 Å². The first-order valence-corrected chi connectivity index (χ1v) is 6.46. The predicted molar refractivity (Wildman–Crippen MR) is 71.7 cm³/mol. The third-order valence-corrected chi connectivity index (χ3v) is 3.13. The molecule has 0 radical (unpaired) electrons. The fourth-order valence-electron chi connectivity index (χ4n) is 2.16. The number of rotatable bonds is 4. The molecule has 4 heteroatoms. The molecular weight excluding hydrogens is 228 g/mol. The maximum atomic E-state index is 11.5. The summed E-state index contributed by atoms with van der Waals surface area (Å²) in [6.07, 6.45) is 2.50. The van der Waals surface area contributed by atoms with Crippen molar-refractivity contribution in [2.45, 2.75) is 45.3 Å². The average molecular weight is 248 g/mol. The number of carbonyl (C=O) groups is 1. The lowest BCUT2D eigenvalue weighted by Gasteiger charge is -2.24. The van der Waals surface area contributed by atoms with Gasteiger partial charge in [0.2, 0.25) is 0 Å². The fraction of sp³-hybridized carbons (Fsp3) is 0.500.